The first kappa shape index (κ1) is 17.5. The Kier molecular flexibility index (Phi) is 5.11. The quantitative estimate of drug-likeness (QED) is 0.612. The fourth-order valence-corrected chi connectivity index (χ4v) is 3.26. The van der Waals surface area contributed by atoms with Gasteiger partial charge in [0.2, 0.25) is 15.9 Å². The summed E-state index contributed by atoms with van der Waals surface area (Å²) in [6.07, 6.45) is 1.40. The van der Waals surface area contributed by atoms with Gasteiger partial charge in [-0.25, -0.2) is 13.6 Å². The van der Waals surface area contributed by atoms with Crippen molar-refractivity contribution in [2.75, 3.05) is 19.6 Å². The monoisotopic (exact) mass is 364 g/mol. The first-order chi connectivity index (χ1) is 11.9. The lowest BCUT2D eigenvalue weighted by atomic mass is 10.1. The smallest absolute Gasteiger partial charge is 0.238 e. The summed E-state index contributed by atoms with van der Waals surface area (Å²) in [7, 11) is -3.67. The molecule has 0 saturated carbocycles. The summed E-state index contributed by atoms with van der Waals surface area (Å²) in [5.74, 6) is -0.0481. The highest BCUT2D eigenvalue weighted by molar-refractivity contribution is 7.89. The van der Waals surface area contributed by atoms with Crippen molar-refractivity contribution in [3.63, 3.8) is 0 Å². The number of aromatic amines is 1. The van der Waals surface area contributed by atoms with Gasteiger partial charge < -0.3 is 5.32 Å². The first-order valence-corrected chi connectivity index (χ1v) is 9.46. The molecular weight excluding hydrogens is 344 g/mol. The van der Waals surface area contributed by atoms with E-state index in [-0.39, 0.29) is 10.8 Å². The Labute approximate surface area is 145 Å². The second-order valence-electron chi connectivity index (χ2n) is 5.97. The molecule has 1 amide bonds. The highest BCUT2D eigenvalue weighted by Crippen LogP contribution is 2.13. The molecule has 2 heterocycles. The molecule has 1 aromatic carbocycles. The number of carbonyl (C=O) groups excluding carboxylic acids is 1. The van der Waals surface area contributed by atoms with E-state index < -0.39 is 10.0 Å². The van der Waals surface area contributed by atoms with Gasteiger partial charge in [-0.15, -0.1) is 0 Å². The Bertz CT molecular complexity index is 846. The van der Waals surface area contributed by atoms with Crippen LogP contribution < -0.4 is 10.5 Å². The maximum Gasteiger partial charge on any atom is 0.238 e. The highest BCUT2D eigenvalue weighted by Gasteiger charge is 2.21. The number of sulfonamides is 1. The van der Waals surface area contributed by atoms with Crippen molar-refractivity contribution in [2.24, 2.45) is 5.14 Å². The Morgan fingerprint density at radius 1 is 1.24 bits per heavy atom. The average molecular weight is 364 g/mol. The zero-order chi connectivity index (χ0) is 17.9. The predicted molar refractivity (Wildman–Crippen MR) is 89.9 cm³/mol. The van der Waals surface area contributed by atoms with E-state index in [9.17, 15) is 13.2 Å². The van der Waals surface area contributed by atoms with Gasteiger partial charge in [0.1, 0.15) is 0 Å². The molecule has 2 aromatic rings. The van der Waals surface area contributed by atoms with Crippen LogP contribution in [0, 0.1) is 0 Å². The van der Waals surface area contributed by atoms with Crippen molar-refractivity contribution in [3.8, 4) is 0 Å². The summed E-state index contributed by atoms with van der Waals surface area (Å²) < 4.78 is 22.4. The number of H-pyrrole nitrogens is 1. The van der Waals surface area contributed by atoms with Gasteiger partial charge in [0.05, 0.1) is 22.8 Å². The van der Waals surface area contributed by atoms with E-state index >= 15 is 0 Å². The van der Waals surface area contributed by atoms with Gasteiger partial charge in [0, 0.05) is 26.1 Å². The lowest BCUT2D eigenvalue weighted by Crippen LogP contribution is -2.40. The number of benzene rings is 1. The van der Waals surface area contributed by atoms with E-state index in [1.807, 2.05) is 4.90 Å². The van der Waals surface area contributed by atoms with Gasteiger partial charge in [-0.1, -0.05) is 12.1 Å². The molecule has 0 saturated heterocycles. The second kappa shape index (κ2) is 7.30. The van der Waals surface area contributed by atoms with Crippen LogP contribution >= 0.6 is 0 Å². The van der Waals surface area contributed by atoms with Crippen LogP contribution in [0.25, 0.3) is 0 Å². The molecule has 0 radical (unpaired) electrons. The molecule has 3 rings (SSSR count). The number of carbonyl (C=O) groups is 1. The number of aromatic nitrogens is 3. The minimum atomic E-state index is -3.67. The van der Waals surface area contributed by atoms with Crippen LogP contribution in [0.3, 0.4) is 0 Å². The van der Waals surface area contributed by atoms with Crippen molar-refractivity contribution in [2.45, 2.75) is 24.3 Å². The third kappa shape index (κ3) is 4.62. The van der Waals surface area contributed by atoms with Crippen molar-refractivity contribution < 1.29 is 13.2 Å². The third-order valence-corrected chi connectivity index (χ3v) is 5.03. The number of nitrogens with zero attached hydrogens (tertiary/aromatic N) is 3. The van der Waals surface area contributed by atoms with E-state index in [1.54, 1.807) is 12.1 Å². The van der Waals surface area contributed by atoms with E-state index in [1.165, 1.54) is 12.1 Å². The van der Waals surface area contributed by atoms with Crippen molar-refractivity contribution in [3.05, 3.63) is 41.2 Å². The predicted octanol–water partition coefficient (Wildman–Crippen LogP) is -0.831. The number of primary sulfonamides is 1. The largest absolute Gasteiger partial charge is 0.355 e. The lowest BCUT2D eigenvalue weighted by molar-refractivity contribution is -0.122. The molecule has 9 nitrogen and oxygen atoms in total. The molecule has 1 aliphatic heterocycles. The van der Waals surface area contributed by atoms with Gasteiger partial charge in [0.25, 0.3) is 0 Å². The number of rotatable bonds is 6. The zero-order valence-corrected chi connectivity index (χ0v) is 14.4. The standard InChI is InChI=1S/C15H20N6O3S/c16-25(23,24)12-3-1-11(2-4-12)5-7-17-15(22)10-21-8-6-13-14(9-21)19-20-18-13/h1-4H,5-10H2,(H,17,22)(H2,16,23,24)(H,18,19,20). The average Bonchev–Trinajstić information content (AvgIpc) is 3.02. The van der Waals surface area contributed by atoms with Gasteiger partial charge in [0.15, 0.2) is 0 Å². The van der Waals surface area contributed by atoms with Crippen LogP contribution in [0.1, 0.15) is 17.0 Å². The number of hydrogen-bond acceptors (Lipinski definition) is 6. The van der Waals surface area contributed by atoms with Crippen molar-refractivity contribution >= 4 is 15.9 Å². The van der Waals surface area contributed by atoms with Gasteiger partial charge in [-0.05, 0) is 24.1 Å². The van der Waals surface area contributed by atoms with E-state index in [0.29, 0.717) is 26.1 Å². The van der Waals surface area contributed by atoms with Gasteiger partial charge in [-0.3, -0.25) is 9.69 Å². The fourth-order valence-electron chi connectivity index (χ4n) is 2.74. The normalized spacial score (nSPS) is 14.9. The summed E-state index contributed by atoms with van der Waals surface area (Å²) in [4.78, 5) is 14.2. The molecule has 134 valence electrons. The molecule has 1 aliphatic rings. The summed E-state index contributed by atoms with van der Waals surface area (Å²) in [5.41, 5.74) is 2.80. The van der Waals surface area contributed by atoms with Crippen LogP contribution in [0.4, 0.5) is 0 Å². The highest BCUT2D eigenvalue weighted by atomic mass is 32.2. The Morgan fingerprint density at radius 2 is 1.96 bits per heavy atom. The number of nitrogens with one attached hydrogen (secondary N) is 2. The number of amides is 1. The molecule has 0 atom stereocenters. The minimum Gasteiger partial charge on any atom is -0.355 e. The van der Waals surface area contributed by atoms with E-state index in [2.05, 4.69) is 20.7 Å². The maximum atomic E-state index is 12.0. The molecule has 0 fully saturated rings. The van der Waals surface area contributed by atoms with Gasteiger partial charge in [-0.2, -0.15) is 15.4 Å². The number of hydrogen-bond donors (Lipinski definition) is 3. The molecular formula is C15H20N6O3S. The Morgan fingerprint density at radius 3 is 2.68 bits per heavy atom. The summed E-state index contributed by atoms with van der Waals surface area (Å²) in [6, 6.07) is 6.33. The van der Waals surface area contributed by atoms with Crippen LogP contribution in [0.5, 0.6) is 0 Å². The SMILES string of the molecule is NS(=O)(=O)c1ccc(CCNC(=O)CN2CCc3n[nH]nc3C2)cc1. The summed E-state index contributed by atoms with van der Waals surface area (Å²) >= 11 is 0. The molecule has 4 N–H and O–H groups in total. The molecule has 25 heavy (non-hydrogen) atoms. The van der Waals surface area contributed by atoms with E-state index in [0.717, 1.165) is 29.9 Å². The molecule has 1 aromatic heterocycles. The van der Waals surface area contributed by atoms with Crippen molar-refractivity contribution in [1.29, 1.82) is 0 Å². The Hall–Kier alpha value is -2.30. The topological polar surface area (TPSA) is 134 Å². The van der Waals surface area contributed by atoms with Crippen LogP contribution in [0.15, 0.2) is 29.2 Å². The molecule has 0 unspecified atom stereocenters. The van der Waals surface area contributed by atoms with Crippen LogP contribution in [0.2, 0.25) is 0 Å². The molecule has 10 heteroatoms. The van der Waals surface area contributed by atoms with Gasteiger partial charge >= 0.3 is 0 Å². The second-order valence-corrected chi connectivity index (χ2v) is 7.53. The third-order valence-electron chi connectivity index (χ3n) is 4.10. The molecule has 0 bridgehead atoms. The van der Waals surface area contributed by atoms with Crippen LogP contribution in [-0.2, 0) is 34.2 Å². The summed E-state index contributed by atoms with van der Waals surface area (Å²) in [5, 5.41) is 18.7. The zero-order valence-electron chi connectivity index (χ0n) is 13.6. The number of nitrogens with two attached hydrogens (primary N) is 1. The lowest BCUT2D eigenvalue weighted by Gasteiger charge is -2.24. The maximum absolute atomic E-state index is 12.0. The minimum absolute atomic E-state index is 0.0481. The number of fused-ring (bicyclic) bond motifs is 1. The van der Waals surface area contributed by atoms with Crippen LogP contribution in [-0.4, -0.2) is 54.3 Å². The Balaban J connectivity index is 1.42. The van der Waals surface area contributed by atoms with Crippen molar-refractivity contribution in [1.82, 2.24) is 25.6 Å². The van der Waals surface area contributed by atoms with E-state index in [4.69, 9.17) is 5.14 Å². The fraction of sp³-hybridized carbons (Fsp3) is 0.400. The summed E-state index contributed by atoms with van der Waals surface area (Å²) in [6.45, 7) is 2.20. The molecule has 0 aliphatic carbocycles. The molecule has 0 spiro atoms. The first-order valence-electron chi connectivity index (χ1n) is 7.91.